The summed E-state index contributed by atoms with van der Waals surface area (Å²) in [5, 5.41) is 0. The van der Waals surface area contributed by atoms with Crippen molar-refractivity contribution in [2.24, 2.45) is 0 Å². The highest BCUT2D eigenvalue weighted by Crippen LogP contribution is 2.26. The number of nitrogens with two attached hydrogens (primary N) is 1. The predicted octanol–water partition coefficient (Wildman–Crippen LogP) is 3.17. The topological polar surface area (TPSA) is 35.2 Å². The highest BCUT2D eigenvalue weighted by Gasteiger charge is 2.01. The van der Waals surface area contributed by atoms with Gasteiger partial charge < -0.3 is 10.5 Å². The van der Waals surface area contributed by atoms with Crippen LogP contribution in [-0.4, -0.2) is 11.9 Å². The Morgan fingerprint density at radius 2 is 2.07 bits per heavy atom. The Balaban J connectivity index is 2.83. The molecular weight excluding hydrogens is 194 g/mol. The van der Waals surface area contributed by atoms with Crippen LogP contribution in [0.2, 0.25) is 0 Å². The molecule has 0 aliphatic rings. The van der Waals surface area contributed by atoms with Crippen molar-refractivity contribution in [3.05, 3.63) is 18.2 Å². The molecule has 0 fully saturated rings. The molecule has 2 nitrogen and oxygen atoms in total. The van der Waals surface area contributed by atoms with Crippen LogP contribution in [0.3, 0.4) is 0 Å². The first-order valence-corrected chi connectivity index (χ1v) is 5.80. The zero-order valence-electron chi connectivity index (χ0n) is 8.91. The van der Waals surface area contributed by atoms with Crippen LogP contribution in [0.4, 0.5) is 5.69 Å². The Morgan fingerprint density at radius 3 is 2.64 bits per heavy atom. The van der Waals surface area contributed by atoms with E-state index in [0.717, 1.165) is 17.2 Å². The molecule has 0 aliphatic heterocycles. The molecule has 78 valence electrons. The first-order chi connectivity index (χ1) is 6.61. The zero-order valence-corrected chi connectivity index (χ0v) is 9.73. The fraction of sp³-hybridized carbons (Fsp3) is 0.455. The summed E-state index contributed by atoms with van der Waals surface area (Å²) in [7, 11) is 0. The first kappa shape index (κ1) is 11.2. The van der Waals surface area contributed by atoms with Crippen LogP contribution in [0, 0.1) is 0 Å². The van der Waals surface area contributed by atoms with Crippen molar-refractivity contribution in [1.82, 2.24) is 0 Å². The van der Waals surface area contributed by atoms with E-state index < -0.39 is 0 Å². The molecule has 1 aromatic carbocycles. The van der Waals surface area contributed by atoms with Crippen LogP contribution >= 0.6 is 11.8 Å². The molecule has 0 aliphatic carbocycles. The minimum absolute atomic E-state index is 0.191. The molecule has 0 radical (unpaired) electrons. The van der Waals surface area contributed by atoms with E-state index >= 15 is 0 Å². The van der Waals surface area contributed by atoms with E-state index in [1.54, 1.807) is 11.8 Å². The summed E-state index contributed by atoms with van der Waals surface area (Å²) in [5.74, 6) is 1.90. The molecule has 0 bridgehead atoms. The molecule has 3 heteroatoms. The zero-order chi connectivity index (χ0) is 10.6. The van der Waals surface area contributed by atoms with Gasteiger partial charge in [0.15, 0.2) is 0 Å². The van der Waals surface area contributed by atoms with Gasteiger partial charge in [0.25, 0.3) is 0 Å². The van der Waals surface area contributed by atoms with Crippen molar-refractivity contribution in [2.75, 3.05) is 11.5 Å². The summed E-state index contributed by atoms with van der Waals surface area (Å²) < 4.78 is 5.59. The highest BCUT2D eigenvalue weighted by molar-refractivity contribution is 7.99. The molecule has 1 rings (SSSR count). The number of anilines is 1. The molecule has 1 aromatic rings. The molecule has 0 spiro atoms. The molecule has 0 aromatic heterocycles. The van der Waals surface area contributed by atoms with Gasteiger partial charge >= 0.3 is 0 Å². The van der Waals surface area contributed by atoms with Gasteiger partial charge in [-0.3, -0.25) is 0 Å². The molecule has 0 amide bonds. The van der Waals surface area contributed by atoms with Gasteiger partial charge in [0, 0.05) is 16.6 Å². The molecule has 0 heterocycles. The standard InChI is InChI=1S/C11H17NOS/c1-4-14-11-6-9(12)5-10(7-11)13-8(2)3/h5-8H,4,12H2,1-3H3. The van der Waals surface area contributed by atoms with Gasteiger partial charge in [-0.25, -0.2) is 0 Å². The third-order valence-corrected chi connectivity index (χ3v) is 2.44. The average Bonchev–Trinajstić information content (AvgIpc) is 2.01. The van der Waals surface area contributed by atoms with E-state index in [9.17, 15) is 0 Å². The van der Waals surface area contributed by atoms with E-state index in [0.29, 0.717) is 0 Å². The third-order valence-electron chi connectivity index (χ3n) is 1.59. The van der Waals surface area contributed by atoms with Gasteiger partial charge in [-0.1, -0.05) is 6.92 Å². The Bertz CT molecular complexity index is 299. The van der Waals surface area contributed by atoms with Crippen molar-refractivity contribution in [1.29, 1.82) is 0 Å². The number of thioether (sulfide) groups is 1. The van der Waals surface area contributed by atoms with Crippen LogP contribution in [0.25, 0.3) is 0 Å². The second-order valence-electron chi connectivity index (χ2n) is 3.34. The van der Waals surface area contributed by atoms with Gasteiger partial charge in [0.05, 0.1) is 6.10 Å². The smallest absolute Gasteiger partial charge is 0.122 e. The number of hydrogen-bond donors (Lipinski definition) is 1. The minimum Gasteiger partial charge on any atom is -0.491 e. The van der Waals surface area contributed by atoms with Crippen molar-refractivity contribution in [2.45, 2.75) is 31.8 Å². The Hall–Kier alpha value is -0.830. The lowest BCUT2D eigenvalue weighted by Crippen LogP contribution is -2.05. The van der Waals surface area contributed by atoms with Gasteiger partial charge in [0.2, 0.25) is 0 Å². The lowest BCUT2D eigenvalue weighted by molar-refractivity contribution is 0.242. The third kappa shape index (κ3) is 3.50. The normalized spacial score (nSPS) is 10.6. The maximum absolute atomic E-state index is 5.77. The van der Waals surface area contributed by atoms with Crippen LogP contribution in [-0.2, 0) is 0 Å². The monoisotopic (exact) mass is 211 g/mol. The van der Waals surface area contributed by atoms with Crippen LogP contribution in [0.5, 0.6) is 5.75 Å². The van der Waals surface area contributed by atoms with Crippen LogP contribution < -0.4 is 10.5 Å². The number of ether oxygens (including phenoxy) is 1. The van der Waals surface area contributed by atoms with Crippen molar-refractivity contribution >= 4 is 17.4 Å². The summed E-state index contributed by atoms with van der Waals surface area (Å²) in [6.45, 7) is 6.14. The lowest BCUT2D eigenvalue weighted by Gasteiger charge is -2.11. The maximum Gasteiger partial charge on any atom is 0.122 e. The molecule has 0 saturated carbocycles. The average molecular weight is 211 g/mol. The molecule has 2 N–H and O–H groups in total. The number of nitrogen functional groups attached to an aromatic ring is 1. The summed E-state index contributed by atoms with van der Waals surface area (Å²) in [6.07, 6.45) is 0.191. The molecule has 0 unspecified atom stereocenters. The Kier molecular flexibility index (Phi) is 4.14. The van der Waals surface area contributed by atoms with Gasteiger partial charge in [-0.2, -0.15) is 0 Å². The molecular formula is C11H17NOS. The van der Waals surface area contributed by atoms with Crippen molar-refractivity contribution in [3.63, 3.8) is 0 Å². The summed E-state index contributed by atoms with van der Waals surface area (Å²) in [4.78, 5) is 1.17. The molecule has 0 atom stereocenters. The second kappa shape index (κ2) is 5.15. The number of rotatable bonds is 4. The first-order valence-electron chi connectivity index (χ1n) is 4.82. The van der Waals surface area contributed by atoms with Crippen LogP contribution in [0.15, 0.2) is 23.1 Å². The maximum atomic E-state index is 5.77. The summed E-state index contributed by atoms with van der Waals surface area (Å²) in [6, 6.07) is 5.87. The fourth-order valence-electron chi connectivity index (χ4n) is 1.18. The number of benzene rings is 1. The van der Waals surface area contributed by atoms with E-state index in [-0.39, 0.29) is 6.10 Å². The Labute approximate surface area is 89.8 Å². The van der Waals surface area contributed by atoms with Crippen LogP contribution in [0.1, 0.15) is 20.8 Å². The van der Waals surface area contributed by atoms with E-state index in [4.69, 9.17) is 10.5 Å². The second-order valence-corrected chi connectivity index (χ2v) is 4.67. The highest BCUT2D eigenvalue weighted by atomic mass is 32.2. The number of hydrogen-bond acceptors (Lipinski definition) is 3. The lowest BCUT2D eigenvalue weighted by atomic mass is 10.3. The van der Waals surface area contributed by atoms with Gasteiger partial charge in [0.1, 0.15) is 5.75 Å². The quantitative estimate of drug-likeness (QED) is 0.613. The molecule has 14 heavy (non-hydrogen) atoms. The predicted molar refractivity (Wildman–Crippen MR) is 63.0 cm³/mol. The van der Waals surface area contributed by atoms with Gasteiger partial charge in [-0.15, -0.1) is 11.8 Å². The van der Waals surface area contributed by atoms with Crippen molar-refractivity contribution in [3.8, 4) is 5.75 Å². The largest absolute Gasteiger partial charge is 0.491 e. The SMILES string of the molecule is CCSc1cc(N)cc(OC(C)C)c1. The molecule has 0 saturated heterocycles. The minimum atomic E-state index is 0.191. The van der Waals surface area contributed by atoms with Crippen molar-refractivity contribution < 1.29 is 4.74 Å². The summed E-state index contributed by atoms with van der Waals surface area (Å²) >= 11 is 1.77. The van der Waals surface area contributed by atoms with E-state index in [1.807, 2.05) is 32.0 Å². The van der Waals surface area contributed by atoms with Gasteiger partial charge in [-0.05, 0) is 31.7 Å². The van der Waals surface area contributed by atoms with E-state index in [2.05, 4.69) is 6.92 Å². The van der Waals surface area contributed by atoms with E-state index in [1.165, 1.54) is 4.90 Å². The summed E-state index contributed by atoms with van der Waals surface area (Å²) in [5.41, 5.74) is 6.54. The fourth-order valence-corrected chi connectivity index (χ4v) is 1.94. The Morgan fingerprint density at radius 1 is 1.36 bits per heavy atom.